The lowest BCUT2D eigenvalue weighted by atomic mass is 10.00. The van der Waals surface area contributed by atoms with Crippen LogP contribution >= 0.6 is 0 Å². The molecule has 6 heteroatoms. The third kappa shape index (κ3) is 3.51. The number of aryl methyl sites for hydroxylation is 1. The van der Waals surface area contributed by atoms with Crippen molar-refractivity contribution in [2.75, 3.05) is 13.2 Å². The van der Waals surface area contributed by atoms with E-state index in [0.717, 1.165) is 65.4 Å². The van der Waals surface area contributed by atoms with Gasteiger partial charge in [-0.2, -0.15) is 0 Å². The van der Waals surface area contributed by atoms with Crippen molar-refractivity contribution in [2.45, 2.75) is 32.4 Å². The lowest BCUT2D eigenvalue weighted by Crippen LogP contribution is -2.27. The minimum Gasteiger partial charge on any atom is -0.474 e. The van der Waals surface area contributed by atoms with Crippen LogP contribution in [0.3, 0.4) is 0 Å². The molecule has 0 unspecified atom stereocenters. The fourth-order valence-electron chi connectivity index (χ4n) is 3.87. The summed E-state index contributed by atoms with van der Waals surface area (Å²) in [6, 6.07) is 10.1. The van der Waals surface area contributed by atoms with Crippen LogP contribution in [-0.4, -0.2) is 40.0 Å². The van der Waals surface area contributed by atoms with E-state index in [1.807, 2.05) is 43.6 Å². The average Bonchev–Trinajstić information content (AvgIpc) is 3.20. The first-order chi connectivity index (χ1) is 14.3. The van der Waals surface area contributed by atoms with Gasteiger partial charge in [0.15, 0.2) is 0 Å². The molecule has 3 aromatic rings. The van der Waals surface area contributed by atoms with Gasteiger partial charge in [0.2, 0.25) is 5.88 Å². The van der Waals surface area contributed by atoms with Gasteiger partial charge in [-0.3, -0.25) is 15.0 Å². The second-order valence-corrected chi connectivity index (χ2v) is 7.31. The molecule has 0 amide bonds. The molecule has 146 valence electrons. The molecule has 0 spiro atoms. The first kappa shape index (κ1) is 17.9. The summed E-state index contributed by atoms with van der Waals surface area (Å²) in [5.74, 6) is 0.668. The van der Waals surface area contributed by atoms with Crippen molar-refractivity contribution in [1.29, 1.82) is 0 Å². The van der Waals surface area contributed by atoms with Gasteiger partial charge in [-0.25, -0.2) is 4.98 Å². The summed E-state index contributed by atoms with van der Waals surface area (Å²) in [6.45, 7) is 4.11. The smallest absolute Gasteiger partial charge is 0.223 e. The molecule has 5 heterocycles. The Morgan fingerprint density at radius 1 is 1.00 bits per heavy atom. The maximum absolute atomic E-state index is 6.29. The van der Waals surface area contributed by atoms with E-state index in [9.17, 15) is 0 Å². The van der Waals surface area contributed by atoms with Crippen molar-refractivity contribution in [3.8, 4) is 17.1 Å². The van der Waals surface area contributed by atoms with Crippen LogP contribution in [0.2, 0.25) is 0 Å². The van der Waals surface area contributed by atoms with E-state index in [0.29, 0.717) is 12.4 Å². The van der Waals surface area contributed by atoms with E-state index >= 15 is 0 Å². The van der Waals surface area contributed by atoms with Crippen LogP contribution in [-0.2, 0) is 11.3 Å². The van der Waals surface area contributed by atoms with E-state index in [1.54, 1.807) is 6.20 Å². The first-order valence-electron chi connectivity index (χ1n) is 9.95. The highest BCUT2D eigenvalue weighted by molar-refractivity contribution is 6.16. The minimum atomic E-state index is 0.135. The fourth-order valence-corrected chi connectivity index (χ4v) is 3.87. The number of hydrogen-bond acceptors (Lipinski definition) is 6. The molecule has 0 bridgehead atoms. The minimum absolute atomic E-state index is 0.135. The predicted molar refractivity (Wildman–Crippen MR) is 110 cm³/mol. The maximum Gasteiger partial charge on any atom is 0.223 e. The van der Waals surface area contributed by atoms with Crippen molar-refractivity contribution in [2.24, 2.45) is 4.99 Å². The summed E-state index contributed by atoms with van der Waals surface area (Å²) in [7, 11) is 0. The molecule has 0 atom stereocenters. The van der Waals surface area contributed by atoms with Crippen LogP contribution in [0.1, 0.15) is 35.2 Å². The number of ether oxygens (including phenoxy) is 2. The number of fused-ring (bicyclic) bond motifs is 1. The zero-order valence-electron chi connectivity index (χ0n) is 16.3. The summed E-state index contributed by atoms with van der Waals surface area (Å²) in [5, 5.41) is 0. The average molecular weight is 386 g/mol. The molecular weight excluding hydrogens is 364 g/mol. The highest BCUT2D eigenvalue weighted by Crippen LogP contribution is 2.32. The van der Waals surface area contributed by atoms with Crippen molar-refractivity contribution in [3.63, 3.8) is 0 Å². The summed E-state index contributed by atoms with van der Waals surface area (Å²) in [5.41, 5.74) is 6.95. The molecule has 29 heavy (non-hydrogen) atoms. The van der Waals surface area contributed by atoms with Gasteiger partial charge in [0, 0.05) is 48.3 Å². The quantitative estimate of drug-likeness (QED) is 0.683. The second-order valence-electron chi connectivity index (χ2n) is 7.31. The van der Waals surface area contributed by atoms with E-state index in [-0.39, 0.29) is 6.10 Å². The topological polar surface area (TPSA) is 69.5 Å². The zero-order valence-corrected chi connectivity index (χ0v) is 16.3. The Bertz CT molecular complexity index is 1070. The zero-order chi connectivity index (χ0) is 19.6. The lowest BCUT2D eigenvalue weighted by Gasteiger charge is -2.24. The van der Waals surface area contributed by atoms with Crippen LogP contribution in [0.15, 0.2) is 53.9 Å². The van der Waals surface area contributed by atoms with Crippen LogP contribution < -0.4 is 4.74 Å². The molecule has 0 radical (unpaired) electrons. The molecule has 1 saturated heterocycles. The standard InChI is InChI=1S/C23H22N4O2/c1-15-19(3-2-8-24-15)20-13-16(4-9-25-20)22-21-17(14-27-22)5-10-26-23(21)29-18-6-11-28-12-7-18/h2-5,8-10,13,18H,6-7,11-12,14H2,1H3. The first-order valence-corrected chi connectivity index (χ1v) is 9.95. The van der Waals surface area contributed by atoms with Crippen molar-refractivity contribution >= 4 is 5.71 Å². The van der Waals surface area contributed by atoms with Crippen LogP contribution in [0, 0.1) is 6.92 Å². The van der Waals surface area contributed by atoms with Crippen LogP contribution in [0.5, 0.6) is 5.88 Å². The van der Waals surface area contributed by atoms with Gasteiger partial charge in [-0.05, 0) is 42.8 Å². The Balaban J connectivity index is 1.51. The summed E-state index contributed by atoms with van der Waals surface area (Å²) in [6.07, 6.45) is 7.34. The summed E-state index contributed by atoms with van der Waals surface area (Å²) in [4.78, 5) is 18.3. The van der Waals surface area contributed by atoms with E-state index in [4.69, 9.17) is 14.5 Å². The largest absolute Gasteiger partial charge is 0.474 e. The van der Waals surface area contributed by atoms with E-state index in [1.165, 1.54) is 0 Å². The molecule has 2 aliphatic rings. The third-order valence-electron chi connectivity index (χ3n) is 5.41. The normalized spacial score (nSPS) is 16.4. The maximum atomic E-state index is 6.29. The number of aromatic nitrogens is 3. The summed E-state index contributed by atoms with van der Waals surface area (Å²) < 4.78 is 11.7. The molecular formula is C23H22N4O2. The Kier molecular flexibility index (Phi) is 4.77. The molecule has 0 aliphatic carbocycles. The Labute approximate surface area is 169 Å². The van der Waals surface area contributed by atoms with Gasteiger partial charge in [0.25, 0.3) is 0 Å². The predicted octanol–water partition coefficient (Wildman–Crippen LogP) is 3.76. The van der Waals surface area contributed by atoms with E-state index < -0.39 is 0 Å². The van der Waals surface area contributed by atoms with Gasteiger partial charge in [-0.15, -0.1) is 0 Å². The van der Waals surface area contributed by atoms with Crippen LogP contribution in [0.4, 0.5) is 0 Å². The van der Waals surface area contributed by atoms with E-state index in [2.05, 4.69) is 21.0 Å². The molecule has 0 N–H and O–H groups in total. The Morgan fingerprint density at radius 3 is 2.72 bits per heavy atom. The van der Waals surface area contributed by atoms with Crippen molar-refractivity contribution < 1.29 is 9.47 Å². The van der Waals surface area contributed by atoms with Gasteiger partial charge in [0.1, 0.15) is 6.10 Å². The monoisotopic (exact) mass is 386 g/mol. The Morgan fingerprint density at radius 2 is 1.86 bits per heavy atom. The molecule has 2 aliphatic heterocycles. The van der Waals surface area contributed by atoms with Gasteiger partial charge in [0.05, 0.1) is 36.7 Å². The third-order valence-corrected chi connectivity index (χ3v) is 5.41. The van der Waals surface area contributed by atoms with Gasteiger partial charge in [-0.1, -0.05) is 0 Å². The fraction of sp³-hybridized carbons (Fsp3) is 0.304. The molecule has 0 saturated carbocycles. The lowest BCUT2D eigenvalue weighted by molar-refractivity contribution is 0.0236. The number of rotatable bonds is 4. The number of aliphatic imine (C=N–C) groups is 1. The number of nitrogens with zero attached hydrogens (tertiary/aromatic N) is 4. The number of pyridine rings is 3. The molecule has 3 aromatic heterocycles. The molecule has 0 aromatic carbocycles. The number of hydrogen-bond donors (Lipinski definition) is 0. The molecule has 6 nitrogen and oxygen atoms in total. The Hall–Kier alpha value is -3.12. The highest BCUT2D eigenvalue weighted by atomic mass is 16.5. The molecule has 5 rings (SSSR count). The van der Waals surface area contributed by atoms with Crippen molar-refractivity contribution in [1.82, 2.24) is 15.0 Å². The second kappa shape index (κ2) is 7.72. The molecule has 1 fully saturated rings. The SMILES string of the molecule is Cc1ncccc1-c1cc(C2=NCc3ccnc(OC4CCOCC4)c32)ccn1. The summed E-state index contributed by atoms with van der Waals surface area (Å²) >= 11 is 0. The van der Waals surface area contributed by atoms with Crippen molar-refractivity contribution in [3.05, 3.63) is 71.3 Å². The van der Waals surface area contributed by atoms with Gasteiger partial charge >= 0.3 is 0 Å². The van der Waals surface area contributed by atoms with Gasteiger partial charge < -0.3 is 9.47 Å². The highest BCUT2D eigenvalue weighted by Gasteiger charge is 2.26. The van der Waals surface area contributed by atoms with Crippen LogP contribution in [0.25, 0.3) is 11.3 Å².